The molecule has 1 N–H and O–H groups in total. The molecule has 1 aromatic carbocycles. The summed E-state index contributed by atoms with van der Waals surface area (Å²) in [5, 5.41) is 9.27. The quantitative estimate of drug-likeness (QED) is 0.827. The van der Waals surface area contributed by atoms with Crippen LogP contribution in [-0.2, 0) is 11.2 Å². The van der Waals surface area contributed by atoms with Gasteiger partial charge in [0.15, 0.2) is 0 Å². The average molecular weight is 220 g/mol. The lowest BCUT2D eigenvalue weighted by Gasteiger charge is -2.07. The van der Waals surface area contributed by atoms with Gasteiger partial charge in [0, 0.05) is 12.3 Å². The number of aryl methyl sites for hydroxylation is 2. The summed E-state index contributed by atoms with van der Waals surface area (Å²) in [5.41, 5.74) is 2.31. The number of aromatic hydroxyl groups is 1. The van der Waals surface area contributed by atoms with Gasteiger partial charge in [-0.2, -0.15) is 0 Å². The van der Waals surface area contributed by atoms with Gasteiger partial charge < -0.3 is 5.11 Å². The standard InChI is InChI=1S/C14H20O2/c1-10(2)14(16)6-4-5-12-7-8-13(15)9-11(12)3/h7-10,15H,4-6H2,1-3H3. The second kappa shape index (κ2) is 5.69. The van der Waals surface area contributed by atoms with Crippen molar-refractivity contribution in [1.29, 1.82) is 0 Å². The van der Waals surface area contributed by atoms with E-state index in [-0.39, 0.29) is 5.92 Å². The van der Waals surface area contributed by atoms with E-state index >= 15 is 0 Å². The zero-order valence-corrected chi connectivity index (χ0v) is 10.3. The van der Waals surface area contributed by atoms with E-state index in [0.717, 1.165) is 18.4 Å². The highest BCUT2D eigenvalue weighted by atomic mass is 16.3. The smallest absolute Gasteiger partial charge is 0.135 e. The molecule has 0 aliphatic rings. The summed E-state index contributed by atoms with van der Waals surface area (Å²) in [6.45, 7) is 5.86. The summed E-state index contributed by atoms with van der Waals surface area (Å²) in [6.07, 6.45) is 2.45. The van der Waals surface area contributed by atoms with Crippen molar-refractivity contribution in [1.82, 2.24) is 0 Å². The Labute approximate surface area is 97.3 Å². The van der Waals surface area contributed by atoms with Crippen molar-refractivity contribution in [2.45, 2.75) is 40.0 Å². The molecule has 0 bridgehead atoms. The number of phenols is 1. The Kier molecular flexibility index (Phi) is 4.53. The predicted octanol–water partition coefficient (Wildman–Crippen LogP) is 3.25. The normalized spacial score (nSPS) is 10.8. The second-order valence-corrected chi connectivity index (χ2v) is 4.59. The Morgan fingerprint density at radius 1 is 1.38 bits per heavy atom. The third-order valence-corrected chi connectivity index (χ3v) is 2.84. The van der Waals surface area contributed by atoms with Crippen LogP contribution in [0.2, 0.25) is 0 Å². The highest BCUT2D eigenvalue weighted by Gasteiger charge is 2.07. The van der Waals surface area contributed by atoms with Crippen molar-refractivity contribution in [3.8, 4) is 5.75 Å². The van der Waals surface area contributed by atoms with Crippen LogP contribution in [0.4, 0.5) is 0 Å². The van der Waals surface area contributed by atoms with Gasteiger partial charge in [0.1, 0.15) is 11.5 Å². The highest BCUT2D eigenvalue weighted by Crippen LogP contribution is 2.17. The maximum absolute atomic E-state index is 11.4. The van der Waals surface area contributed by atoms with Crippen molar-refractivity contribution >= 4 is 5.78 Å². The van der Waals surface area contributed by atoms with Crippen LogP contribution in [0, 0.1) is 12.8 Å². The van der Waals surface area contributed by atoms with Crippen LogP contribution in [-0.4, -0.2) is 10.9 Å². The number of carbonyl (C=O) groups excluding carboxylic acids is 1. The summed E-state index contributed by atoms with van der Waals surface area (Å²) in [6, 6.07) is 5.40. The minimum atomic E-state index is 0.140. The molecule has 0 fully saturated rings. The SMILES string of the molecule is Cc1cc(O)ccc1CCCC(=O)C(C)C. The molecule has 1 rings (SSSR count). The van der Waals surface area contributed by atoms with Gasteiger partial charge >= 0.3 is 0 Å². The number of benzene rings is 1. The molecule has 0 aliphatic heterocycles. The van der Waals surface area contributed by atoms with Gasteiger partial charge in [0.2, 0.25) is 0 Å². The van der Waals surface area contributed by atoms with Gasteiger partial charge in [-0.3, -0.25) is 4.79 Å². The zero-order chi connectivity index (χ0) is 12.1. The molecule has 0 unspecified atom stereocenters. The third-order valence-electron chi connectivity index (χ3n) is 2.84. The topological polar surface area (TPSA) is 37.3 Å². The fourth-order valence-electron chi connectivity index (χ4n) is 1.70. The summed E-state index contributed by atoms with van der Waals surface area (Å²) >= 11 is 0. The highest BCUT2D eigenvalue weighted by molar-refractivity contribution is 5.80. The summed E-state index contributed by atoms with van der Waals surface area (Å²) in [5.74, 6) is 0.775. The number of hydrogen-bond acceptors (Lipinski definition) is 2. The van der Waals surface area contributed by atoms with Crippen LogP contribution >= 0.6 is 0 Å². The van der Waals surface area contributed by atoms with Crippen LogP contribution in [0.5, 0.6) is 5.75 Å². The molecule has 0 saturated heterocycles. The molecule has 0 atom stereocenters. The van der Waals surface area contributed by atoms with Gasteiger partial charge in [-0.25, -0.2) is 0 Å². The Bertz CT molecular complexity index is 367. The van der Waals surface area contributed by atoms with E-state index in [4.69, 9.17) is 0 Å². The van der Waals surface area contributed by atoms with E-state index in [0.29, 0.717) is 18.0 Å². The number of carbonyl (C=O) groups is 1. The van der Waals surface area contributed by atoms with Gasteiger partial charge in [-0.1, -0.05) is 19.9 Å². The Balaban J connectivity index is 2.46. The molecule has 2 nitrogen and oxygen atoms in total. The average Bonchev–Trinajstić information content (AvgIpc) is 2.20. The molecule has 0 aromatic heterocycles. The van der Waals surface area contributed by atoms with E-state index in [2.05, 4.69) is 0 Å². The van der Waals surface area contributed by atoms with Crippen LogP contribution in [0.25, 0.3) is 0 Å². The van der Waals surface area contributed by atoms with Crippen molar-refractivity contribution in [3.05, 3.63) is 29.3 Å². The van der Waals surface area contributed by atoms with Crippen LogP contribution in [0.1, 0.15) is 37.8 Å². The Morgan fingerprint density at radius 2 is 2.06 bits per heavy atom. The van der Waals surface area contributed by atoms with Gasteiger partial charge in [-0.05, 0) is 43.0 Å². The summed E-state index contributed by atoms with van der Waals surface area (Å²) in [7, 11) is 0. The predicted molar refractivity (Wildman–Crippen MR) is 65.6 cm³/mol. The van der Waals surface area contributed by atoms with Crippen molar-refractivity contribution in [2.75, 3.05) is 0 Å². The first-order chi connectivity index (χ1) is 7.50. The molecular weight excluding hydrogens is 200 g/mol. The minimum absolute atomic E-state index is 0.140. The fourth-order valence-corrected chi connectivity index (χ4v) is 1.70. The first-order valence-corrected chi connectivity index (χ1v) is 5.82. The van der Waals surface area contributed by atoms with Crippen molar-refractivity contribution < 1.29 is 9.90 Å². The number of Topliss-reactive ketones (excluding diaryl/α,β-unsaturated/α-hetero) is 1. The Morgan fingerprint density at radius 3 is 2.62 bits per heavy atom. The molecular formula is C14H20O2. The van der Waals surface area contributed by atoms with Gasteiger partial charge in [0.25, 0.3) is 0 Å². The molecule has 16 heavy (non-hydrogen) atoms. The van der Waals surface area contributed by atoms with E-state index in [1.807, 2.05) is 26.8 Å². The Hall–Kier alpha value is -1.31. The number of hydrogen-bond donors (Lipinski definition) is 1. The maximum Gasteiger partial charge on any atom is 0.135 e. The fraction of sp³-hybridized carbons (Fsp3) is 0.500. The zero-order valence-electron chi connectivity index (χ0n) is 10.3. The molecule has 1 aromatic rings. The van der Waals surface area contributed by atoms with E-state index in [9.17, 15) is 9.90 Å². The monoisotopic (exact) mass is 220 g/mol. The molecule has 88 valence electrons. The van der Waals surface area contributed by atoms with Gasteiger partial charge in [-0.15, -0.1) is 0 Å². The molecule has 0 radical (unpaired) electrons. The minimum Gasteiger partial charge on any atom is -0.508 e. The van der Waals surface area contributed by atoms with Gasteiger partial charge in [0.05, 0.1) is 0 Å². The van der Waals surface area contributed by atoms with E-state index < -0.39 is 0 Å². The summed E-state index contributed by atoms with van der Waals surface area (Å²) < 4.78 is 0. The maximum atomic E-state index is 11.4. The van der Waals surface area contributed by atoms with E-state index in [1.54, 1.807) is 12.1 Å². The summed E-state index contributed by atoms with van der Waals surface area (Å²) in [4.78, 5) is 11.4. The molecule has 0 saturated carbocycles. The lowest BCUT2D eigenvalue weighted by Crippen LogP contribution is -2.06. The largest absolute Gasteiger partial charge is 0.508 e. The first-order valence-electron chi connectivity index (χ1n) is 5.82. The van der Waals surface area contributed by atoms with Crippen LogP contribution in [0.3, 0.4) is 0 Å². The van der Waals surface area contributed by atoms with E-state index in [1.165, 1.54) is 5.56 Å². The van der Waals surface area contributed by atoms with Crippen molar-refractivity contribution in [3.63, 3.8) is 0 Å². The molecule has 0 amide bonds. The molecule has 0 spiro atoms. The molecule has 0 heterocycles. The third kappa shape index (κ3) is 3.69. The van der Waals surface area contributed by atoms with Crippen LogP contribution < -0.4 is 0 Å². The number of ketones is 1. The first kappa shape index (κ1) is 12.8. The number of rotatable bonds is 5. The van der Waals surface area contributed by atoms with Crippen molar-refractivity contribution in [2.24, 2.45) is 5.92 Å². The van der Waals surface area contributed by atoms with Crippen LogP contribution in [0.15, 0.2) is 18.2 Å². The number of phenolic OH excluding ortho intramolecular Hbond substituents is 1. The molecule has 0 aliphatic carbocycles. The second-order valence-electron chi connectivity index (χ2n) is 4.59. The molecule has 2 heteroatoms. The lowest BCUT2D eigenvalue weighted by molar-refractivity contribution is -0.121. The lowest BCUT2D eigenvalue weighted by atomic mass is 9.99.